The summed E-state index contributed by atoms with van der Waals surface area (Å²) in [5.74, 6) is -0.104. The monoisotopic (exact) mass is 520 g/mol. The summed E-state index contributed by atoms with van der Waals surface area (Å²) in [6, 6.07) is 24.8. The molecule has 0 saturated carbocycles. The third-order valence-corrected chi connectivity index (χ3v) is 6.11. The molecule has 190 valence electrons. The maximum Gasteiger partial charge on any atom is 0.341 e. The molecule has 37 heavy (non-hydrogen) atoms. The van der Waals surface area contributed by atoms with Crippen LogP contribution in [0.25, 0.3) is 0 Å². The maximum atomic E-state index is 14.5. The topological polar surface area (TPSA) is 85.0 Å². The van der Waals surface area contributed by atoms with Crippen LogP contribution in [0.15, 0.2) is 84.9 Å². The molecule has 0 aliphatic carbocycles. The number of ether oxygens (including phenoxy) is 2. The van der Waals surface area contributed by atoms with Gasteiger partial charge in [0.25, 0.3) is 0 Å². The number of nitrogens with two attached hydrogens (primary N) is 1. The Bertz CT molecular complexity index is 1400. The van der Waals surface area contributed by atoms with E-state index in [0.717, 1.165) is 16.8 Å². The van der Waals surface area contributed by atoms with Crippen LogP contribution in [0.1, 0.15) is 16.7 Å². The molecule has 0 unspecified atom stereocenters. The molecule has 0 bridgehead atoms. The number of hydrogen-bond acceptors (Lipinski definition) is 5. The second kappa shape index (κ2) is 11.7. The van der Waals surface area contributed by atoms with E-state index in [-0.39, 0.29) is 16.6 Å². The second-order valence-corrected chi connectivity index (χ2v) is 8.87. The first kappa shape index (κ1) is 25.9. The molecule has 4 aromatic carbocycles. The highest BCUT2D eigenvalue weighted by Crippen LogP contribution is 2.32. The Kier molecular flexibility index (Phi) is 8.15. The molecule has 0 spiro atoms. The van der Waals surface area contributed by atoms with Gasteiger partial charge in [-0.2, -0.15) is 0 Å². The number of anilines is 2. The molecule has 4 rings (SSSR count). The van der Waals surface area contributed by atoms with Crippen molar-refractivity contribution in [2.75, 3.05) is 17.2 Å². The van der Waals surface area contributed by atoms with Gasteiger partial charge in [-0.05, 0) is 60.5 Å². The Labute approximate surface area is 219 Å². The molecule has 0 atom stereocenters. The second-order valence-electron chi connectivity index (χ2n) is 8.46. The zero-order chi connectivity index (χ0) is 26.4. The molecule has 0 amide bonds. The number of hydrogen-bond donors (Lipinski definition) is 2. The maximum absolute atomic E-state index is 14.5. The van der Waals surface area contributed by atoms with Crippen molar-refractivity contribution in [3.05, 3.63) is 112 Å². The average molecular weight is 521 g/mol. The summed E-state index contributed by atoms with van der Waals surface area (Å²) in [4.78, 5) is 12.9. The zero-order valence-electron chi connectivity index (χ0n) is 20.2. The van der Waals surface area contributed by atoms with Gasteiger partial charge in [-0.25, -0.2) is 9.18 Å². The van der Waals surface area contributed by atoms with Crippen LogP contribution < -0.4 is 20.1 Å². The number of carboxylic acids is 1. The van der Waals surface area contributed by atoms with Crippen molar-refractivity contribution in [2.45, 2.75) is 20.0 Å². The highest BCUT2D eigenvalue weighted by Gasteiger charge is 2.15. The summed E-state index contributed by atoms with van der Waals surface area (Å²) in [5.41, 5.74) is 10.3. The van der Waals surface area contributed by atoms with Crippen LogP contribution in [-0.2, 0) is 17.9 Å². The van der Waals surface area contributed by atoms with E-state index in [9.17, 15) is 9.18 Å². The first-order chi connectivity index (χ1) is 17.8. The minimum absolute atomic E-state index is 0.222. The Balaban J connectivity index is 1.52. The fourth-order valence-corrected chi connectivity index (χ4v) is 4.03. The van der Waals surface area contributed by atoms with Gasteiger partial charge in [-0.1, -0.05) is 48.0 Å². The predicted octanol–water partition coefficient (Wildman–Crippen LogP) is 6.83. The van der Waals surface area contributed by atoms with Crippen LogP contribution in [0.5, 0.6) is 17.2 Å². The lowest BCUT2D eigenvalue weighted by Crippen LogP contribution is -2.23. The van der Waals surface area contributed by atoms with Crippen molar-refractivity contribution < 1.29 is 23.8 Å². The minimum atomic E-state index is -1.10. The largest absolute Gasteiger partial charge is 0.480 e. The Morgan fingerprint density at radius 1 is 0.973 bits per heavy atom. The van der Waals surface area contributed by atoms with E-state index in [1.807, 2.05) is 55.5 Å². The molecule has 0 saturated heterocycles. The summed E-state index contributed by atoms with van der Waals surface area (Å²) in [6.07, 6.45) is 0. The van der Waals surface area contributed by atoms with Crippen LogP contribution in [0.4, 0.5) is 15.8 Å². The van der Waals surface area contributed by atoms with Crippen molar-refractivity contribution in [2.24, 2.45) is 0 Å². The fourth-order valence-electron chi connectivity index (χ4n) is 3.86. The van der Waals surface area contributed by atoms with Crippen molar-refractivity contribution in [1.29, 1.82) is 0 Å². The standard InChI is InChI=1S/C29H26ClFN2O4/c1-19-26(32)7-4-8-27(19)33(17-21-5-2-3-6-25(21)31)16-20-9-11-22(12-10-20)37-23-13-14-24(30)28(15-23)36-18-29(34)35/h2-15H,16-18,32H2,1H3,(H,34,35). The van der Waals surface area contributed by atoms with Crippen LogP contribution in [0.2, 0.25) is 5.02 Å². The van der Waals surface area contributed by atoms with E-state index in [0.29, 0.717) is 35.8 Å². The van der Waals surface area contributed by atoms with Crippen molar-refractivity contribution in [3.8, 4) is 17.2 Å². The average Bonchev–Trinajstić information content (AvgIpc) is 2.88. The van der Waals surface area contributed by atoms with Crippen LogP contribution in [-0.4, -0.2) is 17.7 Å². The fraction of sp³-hybridized carbons (Fsp3) is 0.138. The normalized spacial score (nSPS) is 10.7. The number of nitrogens with zero attached hydrogens (tertiary/aromatic N) is 1. The van der Waals surface area contributed by atoms with Gasteiger partial charge in [0.2, 0.25) is 0 Å². The van der Waals surface area contributed by atoms with Gasteiger partial charge in [0, 0.05) is 36.1 Å². The Hall–Kier alpha value is -4.23. The number of carboxylic acid groups (broad SMARTS) is 1. The molecule has 8 heteroatoms. The number of carbonyl (C=O) groups is 1. The van der Waals surface area contributed by atoms with E-state index in [1.54, 1.807) is 24.3 Å². The molecule has 6 nitrogen and oxygen atoms in total. The van der Waals surface area contributed by atoms with E-state index in [4.69, 9.17) is 31.9 Å². The molecule has 0 radical (unpaired) electrons. The van der Waals surface area contributed by atoms with E-state index < -0.39 is 12.6 Å². The van der Waals surface area contributed by atoms with Crippen molar-refractivity contribution >= 4 is 28.9 Å². The van der Waals surface area contributed by atoms with Crippen LogP contribution in [0, 0.1) is 12.7 Å². The van der Waals surface area contributed by atoms with Gasteiger partial charge in [0.1, 0.15) is 23.1 Å². The zero-order valence-corrected chi connectivity index (χ0v) is 20.9. The van der Waals surface area contributed by atoms with Gasteiger partial charge in [0.15, 0.2) is 6.61 Å². The number of rotatable bonds is 10. The van der Waals surface area contributed by atoms with Crippen LogP contribution >= 0.6 is 11.6 Å². The SMILES string of the molecule is Cc1c(N)cccc1N(Cc1ccc(Oc2ccc(Cl)c(OCC(=O)O)c2)cc1)Cc1ccccc1F. The first-order valence-corrected chi connectivity index (χ1v) is 11.9. The summed E-state index contributed by atoms with van der Waals surface area (Å²) in [6.45, 7) is 2.34. The first-order valence-electron chi connectivity index (χ1n) is 11.5. The lowest BCUT2D eigenvalue weighted by atomic mass is 10.1. The van der Waals surface area contributed by atoms with Crippen molar-refractivity contribution in [3.63, 3.8) is 0 Å². The van der Waals surface area contributed by atoms with Gasteiger partial charge < -0.3 is 25.2 Å². The van der Waals surface area contributed by atoms with Gasteiger partial charge in [0.05, 0.1) is 5.02 Å². The molecule has 0 heterocycles. The molecule has 4 aromatic rings. The smallest absolute Gasteiger partial charge is 0.341 e. The summed E-state index contributed by atoms with van der Waals surface area (Å²) in [5, 5.41) is 9.12. The highest BCUT2D eigenvalue weighted by molar-refractivity contribution is 6.32. The van der Waals surface area contributed by atoms with Gasteiger partial charge in [-0.15, -0.1) is 0 Å². The van der Waals surface area contributed by atoms with E-state index in [2.05, 4.69) is 4.90 Å². The lowest BCUT2D eigenvalue weighted by molar-refractivity contribution is -0.139. The summed E-state index contributed by atoms with van der Waals surface area (Å²) < 4.78 is 25.6. The number of halogens is 2. The third-order valence-electron chi connectivity index (χ3n) is 5.79. The summed E-state index contributed by atoms with van der Waals surface area (Å²) in [7, 11) is 0. The molecule has 0 aromatic heterocycles. The van der Waals surface area contributed by atoms with Crippen LogP contribution in [0.3, 0.4) is 0 Å². The Morgan fingerprint density at radius 3 is 2.43 bits per heavy atom. The number of nitrogen functional groups attached to an aromatic ring is 1. The highest BCUT2D eigenvalue weighted by atomic mass is 35.5. The third kappa shape index (κ3) is 6.71. The molecule has 0 fully saturated rings. The molecule has 0 aliphatic heterocycles. The van der Waals surface area contributed by atoms with E-state index >= 15 is 0 Å². The molecular formula is C29H26ClFN2O4. The van der Waals surface area contributed by atoms with Crippen molar-refractivity contribution in [1.82, 2.24) is 0 Å². The molecule has 0 aliphatic rings. The lowest BCUT2D eigenvalue weighted by Gasteiger charge is -2.27. The minimum Gasteiger partial charge on any atom is -0.480 e. The van der Waals surface area contributed by atoms with E-state index in [1.165, 1.54) is 12.1 Å². The molecular weight excluding hydrogens is 495 g/mol. The molecule has 3 N–H and O–H groups in total. The van der Waals surface area contributed by atoms with Gasteiger partial charge in [-0.3, -0.25) is 0 Å². The number of benzene rings is 4. The quantitative estimate of drug-likeness (QED) is 0.223. The Morgan fingerprint density at radius 2 is 1.70 bits per heavy atom. The summed E-state index contributed by atoms with van der Waals surface area (Å²) >= 11 is 6.08. The number of aliphatic carboxylic acids is 1. The predicted molar refractivity (Wildman–Crippen MR) is 143 cm³/mol. The van der Waals surface area contributed by atoms with Gasteiger partial charge >= 0.3 is 5.97 Å².